The molecule has 0 aliphatic heterocycles. The van der Waals surface area contributed by atoms with E-state index in [1.54, 1.807) is 0 Å². The van der Waals surface area contributed by atoms with Gasteiger partial charge in [-0.15, -0.1) is 0 Å². The third-order valence-corrected chi connectivity index (χ3v) is 2.73. The van der Waals surface area contributed by atoms with E-state index in [0.29, 0.717) is 5.75 Å². The SMILES string of the molecule is COc1ccc(C(O)C(O)CNC(C)=O)c(C(=O)O)c1. The molecule has 0 saturated heterocycles. The largest absolute Gasteiger partial charge is 0.497 e. The highest BCUT2D eigenvalue weighted by Gasteiger charge is 2.24. The van der Waals surface area contributed by atoms with E-state index in [-0.39, 0.29) is 23.6 Å². The average molecular weight is 283 g/mol. The van der Waals surface area contributed by atoms with Crippen molar-refractivity contribution in [2.45, 2.75) is 19.1 Å². The molecule has 110 valence electrons. The van der Waals surface area contributed by atoms with E-state index in [4.69, 9.17) is 9.84 Å². The molecule has 4 N–H and O–H groups in total. The summed E-state index contributed by atoms with van der Waals surface area (Å²) >= 11 is 0. The minimum atomic E-state index is -1.43. The van der Waals surface area contributed by atoms with E-state index in [1.165, 1.54) is 32.2 Å². The number of rotatable bonds is 6. The molecule has 0 heterocycles. The predicted molar refractivity (Wildman–Crippen MR) is 69.6 cm³/mol. The highest BCUT2D eigenvalue weighted by molar-refractivity contribution is 5.90. The molecule has 0 radical (unpaired) electrons. The number of ether oxygens (including phenoxy) is 1. The van der Waals surface area contributed by atoms with Crippen LogP contribution in [0.5, 0.6) is 5.75 Å². The number of aliphatic hydroxyl groups is 2. The second kappa shape index (κ2) is 6.88. The quantitative estimate of drug-likeness (QED) is 0.580. The molecule has 1 rings (SSSR count). The van der Waals surface area contributed by atoms with Crippen LogP contribution in [0.3, 0.4) is 0 Å². The summed E-state index contributed by atoms with van der Waals surface area (Å²) in [4.78, 5) is 21.9. The maximum Gasteiger partial charge on any atom is 0.336 e. The molecule has 2 unspecified atom stereocenters. The van der Waals surface area contributed by atoms with Crippen molar-refractivity contribution in [2.75, 3.05) is 13.7 Å². The average Bonchev–Trinajstić information content (AvgIpc) is 2.43. The minimum absolute atomic E-state index is 0.0520. The van der Waals surface area contributed by atoms with E-state index in [2.05, 4.69) is 5.32 Å². The van der Waals surface area contributed by atoms with E-state index in [0.717, 1.165) is 0 Å². The van der Waals surface area contributed by atoms with Crippen molar-refractivity contribution < 1.29 is 29.6 Å². The molecule has 0 aromatic heterocycles. The summed E-state index contributed by atoms with van der Waals surface area (Å²) in [6, 6.07) is 4.10. The zero-order valence-electron chi connectivity index (χ0n) is 11.2. The van der Waals surface area contributed by atoms with Gasteiger partial charge in [0.25, 0.3) is 0 Å². The molecule has 1 aromatic rings. The molecule has 0 saturated carbocycles. The Morgan fingerprint density at radius 1 is 1.35 bits per heavy atom. The van der Waals surface area contributed by atoms with Crippen LogP contribution in [0.15, 0.2) is 18.2 Å². The van der Waals surface area contributed by atoms with Gasteiger partial charge < -0.3 is 25.4 Å². The number of benzene rings is 1. The number of carbonyl (C=O) groups is 2. The predicted octanol–water partition coefficient (Wildman–Crippen LogP) is -0.0762. The first kappa shape index (κ1) is 15.9. The Labute approximate surface area is 115 Å². The van der Waals surface area contributed by atoms with E-state index in [1.807, 2.05) is 0 Å². The van der Waals surface area contributed by atoms with Crippen molar-refractivity contribution in [2.24, 2.45) is 0 Å². The molecule has 0 aliphatic rings. The number of carboxylic acid groups (broad SMARTS) is 1. The maximum absolute atomic E-state index is 11.2. The van der Waals surface area contributed by atoms with Crippen LogP contribution in [0.1, 0.15) is 28.9 Å². The van der Waals surface area contributed by atoms with Crippen LogP contribution in [0.25, 0.3) is 0 Å². The van der Waals surface area contributed by atoms with Gasteiger partial charge in [-0.05, 0) is 17.7 Å². The molecular formula is C13H17NO6. The molecule has 1 amide bonds. The zero-order chi connectivity index (χ0) is 15.3. The lowest BCUT2D eigenvalue weighted by Crippen LogP contribution is -2.34. The Bertz CT molecular complexity index is 502. The molecule has 0 spiro atoms. The summed E-state index contributed by atoms with van der Waals surface area (Å²) in [6.07, 6.45) is -2.75. The van der Waals surface area contributed by atoms with Crippen LogP contribution < -0.4 is 10.1 Å². The van der Waals surface area contributed by atoms with Gasteiger partial charge in [0.15, 0.2) is 0 Å². The fraction of sp³-hybridized carbons (Fsp3) is 0.385. The fourth-order valence-corrected chi connectivity index (χ4v) is 1.67. The second-order valence-electron chi connectivity index (χ2n) is 4.21. The lowest BCUT2D eigenvalue weighted by Gasteiger charge is -2.20. The number of aliphatic hydroxyl groups excluding tert-OH is 2. The molecule has 0 aliphatic carbocycles. The molecule has 1 aromatic carbocycles. The number of carboxylic acids is 1. The van der Waals surface area contributed by atoms with E-state index in [9.17, 15) is 19.8 Å². The summed E-state index contributed by atoms with van der Waals surface area (Å²) in [7, 11) is 1.39. The van der Waals surface area contributed by atoms with Crippen molar-refractivity contribution in [3.05, 3.63) is 29.3 Å². The van der Waals surface area contributed by atoms with Gasteiger partial charge in [-0.1, -0.05) is 6.07 Å². The molecule has 7 nitrogen and oxygen atoms in total. The van der Waals surface area contributed by atoms with Crippen LogP contribution in [-0.4, -0.2) is 47.0 Å². The van der Waals surface area contributed by atoms with Gasteiger partial charge in [0.1, 0.15) is 18.0 Å². The fourth-order valence-electron chi connectivity index (χ4n) is 1.67. The first-order chi connectivity index (χ1) is 9.36. The molecule has 20 heavy (non-hydrogen) atoms. The van der Waals surface area contributed by atoms with Crippen LogP contribution in [-0.2, 0) is 4.79 Å². The summed E-state index contributed by atoms with van der Waals surface area (Å²) in [5.41, 5.74) is -0.116. The Morgan fingerprint density at radius 2 is 2.00 bits per heavy atom. The van der Waals surface area contributed by atoms with Crippen molar-refractivity contribution in [1.82, 2.24) is 5.32 Å². The third kappa shape index (κ3) is 3.94. The Balaban J connectivity index is 2.99. The molecule has 0 fully saturated rings. The number of hydrogen-bond donors (Lipinski definition) is 4. The Kier molecular flexibility index (Phi) is 5.48. The van der Waals surface area contributed by atoms with Crippen LogP contribution in [0, 0.1) is 0 Å². The third-order valence-electron chi connectivity index (χ3n) is 2.73. The number of hydrogen-bond acceptors (Lipinski definition) is 5. The van der Waals surface area contributed by atoms with Gasteiger partial charge in [-0.2, -0.15) is 0 Å². The maximum atomic E-state index is 11.2. The molecular weight excluding hydrogens is 266 g/mol. The summed E-state index contributed by atoms with van der Waals surface area (Å²) in [5.74, 6) is -1.27. The molecule has 2 atom stereocenters. The normalized spacial score (nSPS) is 13.4. The number of amides is 1. The molecule has 7 heteroatoms. The van der Waals surface area contributed by atoms with Gasteiger partial charge in [0.05, 0.1) is 12.7 Å². The van der Waals surface area contributed by atoms with E-state index >= 15 is 0 Å². The van der Waals surface area contributed by atoms with Crippen LogP contribution >= 0.6 is 0 Å². The summed E-state index contributed by atoms with van der Waals surface area (Å²) < 4.78 is 4.91. The van der Waals surface area contributed by atoms with Crippen molar-refractivity contribution in [3.63, 3.8) is 0 Å². The van der Waals surface area contributed by atoms with Gasteiger partial charge in [-0.25, -0.2) is 4.79 Å². The van der Waals surface area contributed by atoms with Crippen LogP contribution in [0.4, 0.5) is 0 Å². The number of methoxy groups -OCH3 is 1. The standard InChI is InChI=1S/C13H17NO6/c1-7(15)14-6-11(16)12(17)9-4-3-8(20-2)5-10(9)13(18)19/h3-5,11-12,16-17H,6H2,1-2H3,(H,14,15)(H,18,19). The van der Waals surface area contributed by atoms with Crippen LogP contribution in [0.2, 0.25) is 0 Å². The smallest absolute Gasteiger partial charge is 0.336 e. The summed E-state index contributed by atoms with van der Waals surface area (Å²) in [6.45, 7) is 1.09. The summed E-state index contributed by atoms with van der Waals surface area (Å²) in [5, 5.41) is 31.2. The number of nitrogens with one attached hydrogen (secondary N) is 1. The number of carbonyl (C=O) groups excluding carboxylic acids is 1. The lowest BCUT2D eigenvalue weighted by atomic mass is 9.98. The monoisotopic (exact) mass is 283 g/mol. The highest BCUT2D eigenvalue weighted by atomic mass is 16.5. The van der Waals surface area contributed by atoms with Gasteiger partial charge in [-0.3, -0.25) is 4.79 Å². The Hall–Kier alpha value is -2.12. The highest BCUT2D eigenvalue weighted by Crippen LogP contribution is 2.25. The zero-order valence-corrected chi connectivity index (χ0v) is 11.2. The molecule has 0 bridgehead atoms. The van der Waals surface area contributed by atoms with Crippen molar-refractivity contribution >= 4 is 11.9 Å². The Morgan fingerprint density at radius 3 is 2.50 bits per heavy atom. The topological polar surface area (TPSA) is 116 Å². The van der Waals surface area contributed by atoms with Crippen molar-refractivity contribution in [3.8, 4) is 5.75 Å². The minimum Gasteiger partial charge on any atom is -0.497 e. The van der Waals surface area contributed by atoms with E-state index < -0.39 is 18.2 Å². The van der Waals surface area contributed by atoms with Gasteiger partial charge in [0.2, 0.25) is 5.91 Å². The second-order valence-corrected chi connectivity index (χ2v) is 4.21. The van der Waals surface area contributed by atoms with Gasteiger partial charge in [0, 0.05) is 13.5 Å². The van der Waals surface area contributed by atoms with Gasteiger partial charge >= 0.3 is 5.97 Å². The first-order valence-electron chi connectivity index (χ1n) is 5.88. The number of aromatic carboxylic acids is 1. The first-order valence-corrected chi connectivity index (χ1v) is 5.88. The van der Waals surface area contributed by atoms with Crippen molar-refractivity contribution in [1.29, 1.82) is 0 Å². The lowest BCUT2D eigenvalue weighted by molar-refractivity contribution is -0.119.